The molecule has 0 saturated carbocycles. The number of hydrogen-bond donors (Lipinski definition) is 0. The number of non-ortho nitro benzene ring substituents is 2. The molecule has 0 unspecified atom stereocenters. The molecule has 0 radical (unpaired) electrons. The van der Waals surface area contributed by atoms with Gasteiger partial charge in [-0.25, -0.2) is 0 Å². The third-order valence-corrected chi connectivity index (χ3v) is 3.24. The van der Waals surface area contributed by atoms with Crippen molar-refractivity contribution >= 4 is 23.3 Å². The van der Waals surface area contributed by atoms with Crippen LogP contribution in [0.3, 0.4) is 0 Å². The Morgan fingerprint density at radius 1 is 1.15 bits per heavy atom. The Morgan fingerprint density at radius 3 is 2.19 bits per heavy atom. The maximum Gasteiger partial charge on any atom is 0.307 e. The predicted octanol–water partition coefficient (Wildman–Crippen LogP) is 1.81. The minimum atomic E-state index is -0.845. The summed E-state index contributed by atoms with van der Waals surface area (Å²) in [5.74, 6) is -1.30. The molecule has 11 nitrogen and oxygen atoms in total. The van der Waals surface area contributed by atoms with Gasteiger partial charge in [0.2, 0.25) is 0 Å². The Bertz CT molecular complexity index is 725. The zero-order valence-electron chi connectivity index (χ0n) is 13.9. The highest BCUT2D eigenvalue weighted by Crippen LogP contribution is 2.23. The van der Waals surface area contributed by atoms with Crippen LogP contribution in [0.15, 0.2) is 18.2 Å². The second-order valence-corrected chi connectivity index (χ2v) is 5.01. The maximum absolute atomic E-state index is 12.6. The summed E-state index contributed by atoms with van der Waals surface area (Å²) in [6, 6.07) is 4.43. The summed E-state index contributed by atoms with van der Waals surface area (Å²) in [4.78, 5) is 45.4. The molecule has 0 aromatic heterocycles. The smallest absolute Gasteiger partial charge is 0.307 e. The largest absolute Gasteiger partial charge is 0.466 e. The highest BCUT2D eigenvalue weighted by atomic mass is 16.6. The molecule has 0 spiro atoms. The average molecular weight is 364 g/mol. The Balaban J connectivity index is 3.12. The fourth-order valence-corrected chi connectivity index (χ4v) is 2.07. The standard InChI is InChI=1S/C15H16N4O7/c1-2-26-14(20)4-7-17(6-3-5-16)15(21)11-8-12(18(22)23)10-13(9-11)19(24)25/h8-10H,2-4,6-7H2,1H3. The summed E-state index contributed by atoms with van der Waals surface area (Å²) in [6.07, 6.45) is -0.173. The number of amides is 1. The number of carbonyl (C=O) groups excluding carboxylic acids is 2. The van der Waals surface area contributed by atoms with Crippen molar-refractivity contribution in [2.24, 2.45) is 0 Å². The van der Waals surface area contributed by atoms with Gasteiger partial charge >= 0.3 is 5.97 Å². The van der Waals surface area contributed by atoms with Crippen molar-refractivity contribution in [3.05, 3.63) is 44.0 Å². The third kappa shape index (κ3) is 5.82. The minimum absolute atomic E-state index is 0.0361. The van der Waals surface area contributed by atoms with Crippen molar-refractivity contribution in [1.29, 1.82) is 5.26 Å². The van der Waals surface area contributed by atoms with E-state index in [-0.39, 0.29) is 38.1 Å². The number of hydrogen-bond acceptors (Lipinski definition) is 8. The Hall–Kier alpha value is -3.55. The van der Waals surface area contributed by atoms with E-state index >= 15 is 0 Å². The SMILES string of the molecule is CCOC(=O)CCN(CCC#N)C(=O)c1cc([N+](=O)[O-])cc([N+](=O)[O-])c1. The zero-order chi connectivity index (χ0) is 19.7. The Morgan fingerprint density at radius 2 is 1.73 bits per heavy atom. The molecular formula is C15H16N4O7. The molecule has 1 aromatic carbocycles. The molecule has 0 aliphatic heterocycles. The molecule has 0 N–H and O–H groups in total. The quantitative estimate of drug-likeness (QED) is 0.364. The van der Waals surface area contributed by atoms with E-state index in [1.54, 1.807) is 6.92 Å². The first kappa shape index (κ1) is 20.5. The van der Waals surface area contributed by atoms with Gasteiger partial charge in [0.05, 0.1) is 47.0 Å². The van der Waals surface area contributed by atoms with Gasteiger partial charge in [-0.2, -0.15) is 5.26 Å². The van der Waals surface area contributed by atoms with Crippen LogP contribution in [-0.2, 0) is 9.53 Å². The first-order chi connectivity index (χ1) is 12.3. The summed E-state index contributed by atoms with van der Waals surface area (Å²) in [5.41, 5.74) is -1.48. The van der Waals surface area contributed by atoms with Crippen molar-refractivity contribution in [1.82, 2.24) is 4.90 Å². The van der Waals surface area contributed by atoms with Gasteiger partial charge in [-0.05, 0) is 6.92 Å². The molecule has 0 bridgehead atoms. The molecule has 138 valence electrons. The molecule has 0 saturated heterocycles. The highest BCUT2D eigenvalue weighted by Gasteiger charge is 2.23. The fourth-order valence-electron chi connectivity index (χ4n) is 2.07. The highest BCUT2D eigenvalue weighted by molar-refractivity contribution is 5.95. The van der Waals surface area contributed by atoms with E-state index < -0.39 is 33.1 Å². The van der Waals surface area contributed by atoms with E-state index in [9.17, 15) is 29.8 Å². The average Bonchev–Trinajstić information content (AvgIpc) is 2.61. The summed E-state index contributed by atoms with van der Waals surface area (Å²) >= 11 is 0. The van der Waals surface area contributed by atoms with Gasteiger partial charge in [-0.1, -0.05) is 0 Å². The molecular weight excluding hydrogens is 348 g/mol. The molecule has 0 fully saturated rings. The lowest BCUT2D eigenvalue weighted by Gasteiger charge is -2.21. The normalized spacial score (nSPS) is 9.85. The Kier molecular flexibility index (Phi) is 7.63. The van der Waals surface area contributed by atoms with E-state index in [4.69, 9.17) is 10.00 Å². The number of esters is 1. The summed E-state index contributed by atoms with van der Waals surface area (Å²) < 4.78 is 4.76. The van der Waals surface area contributed by atoms with Gasteiger partial charge in [0, 0.05) is 25.2 Å². The number of carbonyl (C=O) groups is 2. The van der Waals surface area contributed by atoms with Crippen LogP contribution in [-0.4, -0.2) is 46.3 Å². The molecule has 1 rings (SSSR count). The van der Waals surface area contributed by atoms with E-state index in [1.165, 1.54) is 0 Å². The molecule has 1 amide bonds. The third-order valence-electron chi connectivity index (χ3n) is 3.24. The molecule has 11 heteroatoms. The lowest BCUT2D eigenvalue weighted by Crippen LogP contribution is -2.34. The van der Waals surface area contributed by atoms with Gasteiger partial charge in [0.1, 0.15) is 0 Å². The zero-order valence-corrected chi connectivity index (χ0v) is 13.9. The molecule has 0 aliphatic rings. The first-order valence-electron chi connectivity index (χ1n) is 7.55. The number of rotatable bonds is 9. The van der Waals surface area contributed by atoms with Gasteiger partial charge in [-0.3, -0.25) is 29.8 Å². The topological polar surface area (TPSA) is 157 Å². The lowest BCUT2D eigenvalue weighted by molar-refractivity contribution is -0.394. The summed E-state index contributed by atoms with van der Waals surface area (Å²) in [7, 11) is 0. The van der Waals surface area contributed by atoms with Gasteiger partial charge in [-0.15, -0.1) is 0 Å². The van der Waals surface area contributed by atoms with Crippen molar-refractivity contribution < 1.29 is 24.2 Å². The van der Waals surface area contributed by atoms with Crippen LogP contribution in [0.5, 0.6) is 0 Å². The molecule has 0 aliphatic carbocycles. The monoisotopic (exact) mass is 364 g/mol. The predicted molar refractivity (Wildman–Crippen MR) is 87.1 cm³/mol. The van der Waals surface area contributed by atoms with Crippen LogP contribution in [0, 0.1) is 31.6 Å². The molecule has 26 heavy (non-hydrogen) atoms. The van der Waals surface area contributed by atoms with Crippen LogP contribution in [0.1, 0.15) is 30.1 Å². The molecule has 1 aromatic rings. The number of ether oxygens (including phenoxy) is 1. The number of benzene rings is 1. The minimum Gasteiger partial charge on any atom is -0.466 e. The number of nitriles is 1. The molecule has 0 heterocycles. The van der Waals surface area contributed by atoms with Crippen LogP contribution >= 0.6 is 0 Å². The van der Waals surface area contributed by atoms with Crippen molar-refractivity contribution in [2.75, 3.05) is 19.7 Å². The van der Waals surface area contributed by atoms with E-state index in [1.807, 2.05) is 6.07 Å². The van der Waals surface area contributed by atoms with E-state index in [2.05, 4.69) is 0 Å². The van der Waals surface area contributed by atoms with Crippen LogP contribution < -0.4 is 0 Å². The number of nitro groups is 2. The number of nitro benzene ring substituents is 2. The summed E-state index contributed by atoms with van der Waals surface area (Å²) in [6.45, 7) is 1.67. The number of nitrogens with zero attached hydrogens (tertiary/aromatic N) is 4. The maximum atomic E-state index is 12.6. The van der Waals surface area contributed by atoms with Crippen LogP contribution in [0.2, 0.25) is 0 Å². The lowest BCUT2D eigenvalue weighted by atomic mass is 10.1. The van der Waals surface area contributed by atoms with E-state index in [0.29, 0.717) is 0 Å². The Labute approximate surface area is 148 Å². The van der Waals surface area contributed by atoms with Crippen LogP contribution in [0.4, 0.5) is 11.4 Å². The first-order valence-corrected chi connectivity index (χ1v) is 7.55. The van der Waals surface area contributed by atoms with Crippen molar-refractivity contribution in [3.8, 4) is 6.07 Å². The fraction of sp³-hybridized carbons (Fsp3) is 0.400. The second-order valence-electron chi connectivity index (χ2n) is 5.01. The van der Waals surface area contributed by atoms with Crippen LogP contribution in [0.25, 0.3) is 0 Å². The van der Waals surface area contributed by atoms with Crippen molar-refractivity contribution in [3.63, 3.8) is 0 Å². The van der Waals surface area contributed by atoms with Gasteiger partial charge in [0.15, 0.2) is 0 Å². The van der Waals surface area contributed by atoms with E-state index in [0.717, 1.165) is 23.1 Å². The van der Waals surface area contributed by atoms with Crippen molar-refractivity contribution in [2.45, 2.75) is 19.8 Å². The van der Waals surface area contributed by atoms with Gasteiger partial charge < -0.3 is 9.64 Å². The summed E-state index contributed by atoms with van der Waals surface area (Å²) in [5, 5.41) is 30.6. The van der Waals surface area contributed by atoms with Gasteiger partial charge in [0.25, 0.3) is 17.3 Å². The molecule has 0 atom stereocenters. The second kappa shape index (κ2) is 9.67.